The normalized spacial score (nSPS) is 32.7. The number of tetrazole rings is 1. The van der Waals surface area contributed by atoms with Crippen LogP contribution in [0, 0.1) is 11.8 Å². The molecule has 4 saturated carbocycles. The molecule has 0 radical (unpaired) electrons. The molecule has 7 nitrogen and oxygen atoms in total. The van der Waals surface area contributed by atoms with Crippen molar-refractivity contribution in [2.24, 2.45) is 18.9 Å². The summed E-state index contributed by atoms with van der Waals surface area (Å²) in [7, 11) is 2.04. The van der Waals surface area contributed by atoms with Crippen molar-refractivity contribution in [3.05, 3.63) is 42.4 Å². The fourth-order valence-corrected chi connectivity index (χ4v) is 7.06. The molecule has 3 aromatic rings. The van der Waals surface area contributed by atoms with Gasteiger partial charge in [0.05, 0.1) is 12.0 Å². The largest absolute Gasteiger partial charge is 0.350 e. The highest BCUT2D eigenvalue weighted by Gasteiger charge is 2.60. The number of para-hydroxylation sites is 1. The first-order chi connectivity index (χ1) is 14.0. The average Bonchev–Trinajstić information content (AvgIpc) is 3.30. The van der Waals surface area contributed by atoms with Gasteiger partial charge in [0.2, 0.25) is 5.91 Å². The summed E-state index contributed by atoms with van der Waals surface area (Å²) in [5, 5.41) is 17.3. The molecule has 4 fully saturated rings. The number of carbonyl (C=O) groups excluding carboxylic acids is 1. The smallest absolute Gasteiger partial charge is 0.224 e. The molecule has 150 valence electrons. The first-order valence-corrected chi connectivity index (χ1v) is 10.6. The van der Waals surface area contributed by atoms with Crippen LogP contribution in [0.15, 0.2) is 36.8 Å². The van der Waals surface area contributed by atoms with Gasteiger partial charge in [-0.2, -0.15) is 4.80 Å². The summed E-state index contributed by atoms with van der Waals surface area (Å²) in [6, 6.07) is 8.29. The van der Waals surface area contributed by atoms with E-state index in [9.17, 15) is 4.79 Å². The van der Waals surface area contributed by atoms with E-state index < -0.39 is 0 Å². The molecule has 4 bridgehead atoms. The molecule has 4 atom stereocenters. The second-order valence-electron chi connectivity index (χ2n) is 9.70. The number of benzene rings is 1. The van der Waals surface area contributed by atoms with E-state index in [-0.39, 0.29) is 17.0 Å². The van der Waals surface area contributed by atoms with Gasteiger partial charge in [-0.1, -0.05) is 18.2 Å². The zero-order valence-corrected chi connectivity index (χ0v) is 16.7. The van der Waals surface area contributed by atoms with Crippen molar-refractivity contribution in [2.45, 2.75) is 56.0 Å². The Balaban J connectivity index is 1.27. The third kappa shape index (κ3) is 2.63. The van der Waals surface area contributed by atoms with Crippen molar-refractivity contribution in [3.63, 3.8) is 0 Å². The van der Waals surface area contributed by atoms with Crippen LogP contribution in [0.25, 0.3) is 10.9 Å². The number of hydrogen-bond acceptors (Lipinski definition) is 4. The SMILES string of the molecule is Cn1cc(CC(=O)NC23C[C@H]4C[C@@H](C2)CC(n2ncnn2)(C4)C3)c2ccccc21. The van der Waals surface area contributed by atoms with Crippen LogP contribution in [0.5, 0.6) is 0 Å². The number of aromatic nitrogens is 5. The lowest BCUT2D eigenvalue weighted by Crippen LogP contribution is -2.66. The van der Waals surface area contributed by atoms with Crippen molar-refractivity contribution in [1.82, 2.24) is 30.1 Å². The number of hydrogen-bond donors (Lipinski definition) is 1. The summed E-state index contributed by atoms with van der Waals surface area (Å²) in [6.45, 7) is 0. The molecule has 0 saturated heterocycles. The van der Waals surface area contributed by atoms with Crippen LogP contribution in [0.4, 0.5) is 0 Å². The number of nitrogens with zero attached hydrogens (tertiary/aromatic N) is 5. The summed E-state index contributed by atoms with van der Waals surface area (Å²) in [6.07, 6.45) is 10.6. The first-order valence-electron chi connectivity index (χ1n) is 10.6. The fourth-order valence-electron chi connectivity index (χ4n) is 7.06. The zero-order chi connectivity index (χ0) is 19.6. The Hall–Kier alpha value is -2.70. The highest BCUT2D eigenvalue weighted by Crippen LogP contribution is 2.60. The minimum atomic E-state index is -0.126. The van der Waals surface area contributed by atoms with E-state index >= 15 is 0 Å². The second-order valence-corrected chi connectivity index (χ2v) is 9.70. The molecule has 4 aliphatic carbocycles. The van der Waals surface area contributed by atoms with Gasteiger partial charge in [0, 0.05) is 29.7 Å². The van der Waals surface area contributed by atoms with Gasteiger partial charge in [-0.15, -0.1) is 10.2 Å². The molecule has 0 aliphatic heterocycles. The van der Waals surface area contributed by atoms with Crippen LogP contribution < -0.4 is 5.32 Å². The Labute approximate surface area is 169 Å². The van der Waals surface area contributed by atoms with E-state index in [0.29, 0.717) is 18.3 Å². The highest BCUT2D eigenvalue weighted by molar-refractivity contribution is 5.89. The number of fused-ring (bicyclic) bond motifs is 1. The molecule has 2 heterocycles. The Morgan fingerprint density at radius 1 is 1.21 bits per heavy atom. The maximum Gasteiger partial charge on any atom is 0.224 e. The highest BCUT2D eigenvalue weighted by atomic mass is 16.1. The van der Waals surface area contributed by atoms with Gasteiger partial charge in [-0.25, -0.2) is 0 Å². The lowest BCUT2D eigenvalue weighted by molar-refractivity contribution is -0.130. The number of aryl methyl sites for hydroxylation is 1. The molecule has 1 amide bonds. The molecule has 29 heavy (non-hydrogen) atoms. The van der Waals surface area contributed by atoms with Gasteiger partial charge in [0.15, 0.2) is 6.33 Å². The maximum atomic E-state index is 13.2. The molecule has 1 N–H and O–H groups in total. The lowest BCUT2D eigenvalue weighted by atomic mass is 9.50. The zero-order valence-electron chi connectivity index (χ0n) is 16.7. The van der Waals surface area contributed by atoms with E-state index in [1.54, 1.807) is 0 Å². The van der Waals surface area contributed by atoms with Crippen LogP contribution in [-0.4, -0.2) is 36.2 Å². The van der Waals surface area contributed by atoms with E-state index in [0.717, 1.165) is 37.7 Å². The molecule has 7 heteroatoms. The quantitative estimate of drug-likeness (QED) is 0.743. The predicted molar refractivity (Wildman–Crippen MR) is 108 cm³/mol. The van der Waals surface area contributed by atoms with Gasteiger partial charge >= 0.3 is 0 Å². The second kappa shape index (κ2) is 5.90. The summed E-state index contributed by atoms with van der Waals surface area (Å²) in [5.41, 5.74) is 2.06. The monoisotopic (exact) mass is 390 g/mol. The van der Waals surface area contributed by atoms with Gasteiger partial charge in [-0.05, 0) is 67.2 Å². The Bertz CT molecular complexity index is 1070. The minimum Gasteiger partial charge on any atom is -0.350 e. The standard InChI is InChI=1S/C22H26N6O/c1-27-12-17(18-4-2-3-5-19(18)27)7-20(29)25-21-8-15-6-16(9-21)11-22(10-15,13-21)28-24-14-23-26-28/h2-5,12,14-16H,6-11,13H2,1H3,(H,25,29)/t15-,16+,21?,22?. The van der Waals surface area contributed by atoms with Gasteiger partial charge < -0.3 is 9.88 Å². The maximum absolute atomic E-state index is 13.2. The third-order valence-electron chi connectivity index (χ3n) is 7.54. The summed E-state index contributed by atoms with van der Waals surface area (Å²) in [5.74, 6) is 1.41. The number of nitrogens with one attached hydrogen (secondary N) is 1. The van der Waals surface area contributed by atoms with Crippen LogP contribution in [-0.2, 0) is 23.8 Å². The van der Waals surface area contributed by atoms with Gasteiger partial charge in [0.1, 0.15) is 0 Å². The minimum absolute atomic E-state index is 0.0761. The summed E-state index contributed by atoms with van der Waals surface area (Å²) >= 11 is 0. The number of rotatable bonds is 4. The van der Waals surface area contributed by atoms with E-state index in [4.69, 9.17) is 0 Å². The molecule has 1 aromatic carbocycles. The molecule has 2 unspecified atom stereocenters. The number of amides is 1. The first kappa shape index (κ1) is 17.2. The van der Waals surface area contributed by atoms with E-state index in [2.05, 4.69) is 43.6 Å². The average molecular weight is 390 g/mol. The molecular formula is C22H26N6O. The lowest BCUT2D eigenvalue weighted by Gasteiger charge is -2.61. The van der Waals surface area contributed by atoms with Gasteiger partial charge in [0.25, 0.3) is 0 Å². The van der Waals surface area contributed by atoms with Crippen molar-refractivity contribution in [2.75, 3.05) is 0 Å². The topological polar surface area (TPSA) is 77.6 Å². The van der Waals surface area contributed by atoms with Crippen molar-refractivity contribution < 1.29 is 4.79 Å². The Morgan fingerprint density at radius 3 is 2.76 bits per heavy atom. The fraction of sp³-hybridized carbons (Fsp3) is 0.545. The van der Waals surface area contributed by atoms with Crippen molar-refractivity contribution >= 4 is 16.8 Å². The third-order valence-corrected chi connectivity index (χ3v) is 7.54. The van der Waals surface area contributed by atoms with E-state index in [1.165, 1.54) is 23.7 Å². The molecule has 4 aliphatic rings. The summed E-state index contributed by atoms with van der Waals surface area (Å²) in [4.78, 5) is 15.0. The molecule has 2 aromatic heterocycles. The Morgan fingerprint density at radius 2 is 2.00 bits per heavy atom. The Kier molecular flexibility index (Phi) is 3.50. The van der Waals surface area contributed by atoms with Crippen molar-refractivity contribution in [3.8, 4) is 0 Å². The van der Waals surface area contributed by atoms with Crippen LogP contribution in [0.2, 0.25) is 0 Å². The predicted octanol–water partition coefficient (Wildman–Crippen LogP) is 2.57. The summed E-state index contributed by atoms with van der Waals surface area (Å²) < 4.78 is 2.11. The van der Waals surface area contributed by atoms with Crippen molar-refractivity contribution in [1.29, 1.82) is 0 Å². The molecule has 0 spiro atoms. The van der Waals surface area contributed by atoms with Crippen LogP contribution in [0.3, 0.4) is 0 Å². The van der Waals surface area contributed by atoms with E-state index in [1.807, 2.05) is 24.0 Å². The molecule has 7 rings (SSSR count). The van der Waals surface area contributed by atoms with Crippen LogP contribution in [0.1, 0.15) is 44.1 Å². The van der Waals surface area contributed by atoms with Gasteiger partial charge in [-0.3, -0.25) is 4.79 Å². The molecular weight excluding hydrogens is 364 g/mol. The van der Waals surface area contributed by atoms with Crippen LogP contribution >= 0.6 is 0 Å². The number of carbonyl (C=O) groups is 1.